The van der Waals surface area contributed by atoms with Crippen LogP contribution in [0.4, 0.5) is 26.7 Å². The molecule has 3 unspecified atom stereocenters. The Kier molecular flexibility index (Phi) is 20.1. The number of carbonyl (C=O) groups excluding carboxylic acids is 6. The molecule has 19 nitrogen and oxygen atoms in total. The van der Waals surface area contributed by atoms with Crippen molar-refractivity contribution in [3.63, 3.8) is 0 Å². The van der Waals surface area contributed by atoms with E-state index in [1.54, 1.807) is 54.8 Å². The van der Waals surface area contributed by atoms with E-state index in [2.05, 4.69) is 29.1 Å². The number of halogens is 1. The van der Waals surface area contributed by atoms with Crippen LogP contribution in [-0.4, -0.2) is 117 Å². The number of hydrogen-bond acceptors (Lipinski definition) is 13. The van der Waals surface area contributed by atoms with E-state index in [-0.39, 0.29) is 73.5 Å². The SMILES string of the molecule is C=CCOC(=O)NC(C(=O)N[C@@H](C)C(=O)Nc1ccc(COc2cc3c(c4ccccc24)[C@H](CCl)CN3C(=O)Cc2cccc(COc3cc4c(cc3OC)C(=O)N3CCCC[C@H]3C(OC3CCCCO3)N4C(=O)OCC=C)c2)cc1)C(C)C. The van der Waals surface area contributed by atoms with Gasteiger partial charge in [0.1, 0.15) is 44.3 Å². The fourth-order valence-electron chi connectivity index (χ4n) is 11.1. The van der Waals surface area contributed by atoms with Crippen LogP contribution in [-0.2, 0) is 53.0 Å². The van der Waals surface area contributed by atoms with Crippen LogP contribution in [0.25, 0.3) is 10.8 Å². The third-order valence-corrected chi connectivity index (χ3v) is 15.8. The molecule has 4 heterocycles. The van der Waals surface area contributed by atoms with Crippen LogP contribution in [0.15, 0.2) is 116 Å². The Morgan fingerprint density at radius 1 is 0.762 bits per heavy atom. The molecule has 0 saturated carbocycles. The van der Waals surface area contributed by atoms with E-state index >= 15 is 0 Å². The molecule has 3 N–H and O–H groups in total. The third kappa shape index (κ3) is 13.9. The van der Waals surface area contributed by atoms with Crippen LogP contribution in [0.1, 0.15) is 97.8 Å². The zero-order valence-corrected chi connectivity index (χ0v) is 48.7. The number of hydrogen-bond donors (Lipinski definition) is 3. The smallest absolute Gasteiger partial charge is 0.416 e. The normalized spacial score (nSPS) is 18.9. The largest absolute Gasteiger partial charge is 0.493 e. The van der Waals surface area contributed by atoms with Crippen molar-refractivity contribution in [1.29, 1.82) is 0 Å². The molecule has 5 aromatic rings. The molecule has 0 aliphatic carbocycles. The molecular formula is C64H73ClN6O13. The van der Waals surface area contributed by atoms with Gasteiger partial charge in [-0.1, -0.05) is 99.8 Å². The maximum absolute atomic E-state index is 14.6. The van der Waals surface area contributed by atoms with E-state index in [0.717, 1.165) is 58.7 Å². The van der Waals surface area contributed by atoms with Gasteiger partial charge in [0.2, 0.25) is 17.7 Å². The van der Waals surface area contributed by atoms with E-state index in [9.17, 15) is 28.8 Å². The number of nitrogens with zero attached hydrogens (tertiary/aromatic N) is 3. The summed E-state index contributed by atoms with van der Waals surface area (Å²) in [6.45, 7) is 13.9. The van der Waals surface area contributed by atoms with Crippen molar-refractivity contribution >= 4 is 75.3 Å². The second kappa shape index (κ2) is 28.0. The van der Waals surface area contributed by atoms with Gasteiger partial charge in [0, 0.05) is 54.7 Å². The molecule has 6 amide bonds. The van der Waals surface area contributed by atoms with Gasteiger partial charge in [-0.15, -0.1) is 11.6 Å². The average molecular weight is 1170 g/mol. The van der Waals surface area contributed by atoms with E-state index in [1.165, 1.54) is 24.2 Å². The molecule has 20 heteroatoms. The number of alkyl carbamates (subject to hydrolysis) is 1. The number of carbonyl (C=O) groups is 6. The van der Waals surface area contributed by atoms with Crippen LogP contribution in [0.2, 0.25) is 0 Å². The van der Waals surface area contributed by atoms with Crippen molar-refractivity contribution in [2.45, 2.75) is 115 Å². The summed E-state index contributed by atoms with van der Waals surface area (Å²) in [5, 5.41) is 9.84. The fourth-order valence-corrected chi connectivity index (χ4v) is 11.4. The Hall–Kier alpha value is -8.13. The van der Waals surface area contributed by atoms with Gasteiger partial charge in [0.05, 0.1) is 36.5 Å². The van der Waals surface area contributed by atoms with Gasteiger partial charge in [0.15, 0.2) is 24.0 Å². The number of methoxy groups -OCH3 is 1. The van der Waals surface area contributed by atoms with Gasteiger partial charge in [-0.25, -0.2) is 14.5 Å². The lowest BCUT2D eigenvalue weighted by Crippen LogP contribution is -2.57. The standard InChI is InChI=1S/C64H73ClN6O13/c1-7-27-80-63(76)68-58(39(3)4)60(74)66-40(5)59(73)67-45-24-22-41(23-25-45)37-82-52-34-51-57(47-19-10-9-18-46(47)52)44(35-65)36-70(51)55(72)31-42-16-15-17-43(30-42)38-83-54-33-50-48(32-53(54)78-6)61(75)69-26-13-11-20-49(69)62(71(50)64(77)81-28-8-2)84-56-21-12-14-29-79-56/h7-10,15-19,22-25,30,32-34,39-40,44,49,56,58,62H,1-2,11-14,20-21,26-29,31,35-38H2,3-6H3,(H,66,74)(H,67,73)(H,68,76)/t40-,44+,49-,56?,58?,62?/m0/s1. The third-order valence-electron chi connectivity index (χ3n) is 15.4. The molecule has 2 fully saturated rings. The van der Waals surface area contributed by atoms with E-state index in [0.29, 0.717) is 61.3 Å². The summed E-state index contributed by atoms with van der Waals surface area (Å²) >= 11 is 6.67. The van der Waals surface area contributed by atoms with Gasteiger partial charge in [0.25, 0.3) is 5.91 Å². The lowest BCUT2D eigenvalue weighted by Gasteiger charge is -2.42. The van der Waals surface area contributed by atoms with Crippen molar-refractivity contribution in [2.75, 3.05) is 61.0 Å². The van der Waals surface area contributed by atoms with Gasteiger partial charge in [-0.3, -0.25) is 19.2 Å². The van der Waals surface area contributed by atoms with Gasteiger partial charge in [-0.2, -0.15) is 0 Å². The Bertz CT molecular complexity index is 3240. The Morgan fingerprint density at radius 2 is 1.48 bits per heavy atom. The van der Waals surface area contributed by atoms with E-state index in [1.807, 2.05) is 66.7 Å². The van der Waals surface area contributed by atoms with E-state index in [4.69, 9.17) is 44.8 Å². The molecule has 9 rings (SSSR count). The van der Waals surface area contributed by atoms with Gasteiger partial charge < -0.3 is 58.9 Å². The molecule has 5 aromatic carbocycles. The van der Waals surface area contributed by atoms with Crippen LogP contribution < -0.4 is 40.0 Å². The second-order valence-electron chi connectivity index (χ2n) is 21.6. The first kappa shape index (κ1) is 60.5. The highest BCUT2D eigenvalue weighted by Crippen LogP contribution is 2.47. The van der Waals surface area contributed by atoms with Crippen molar-refractivity contribution < 1.29 is 61.9 Å². The number of nitrogens with one attached hydrogen (secondary N) is 3. The quantitative estimate of drug-likeness (QED) is 0.0435. The summed E-state index contributed by atoms with van der Waals surface area (Å²) in [4.78, 5) is 86.7. The maximum Gasteiger partial charge on any atom is 0.416 e. The Balaban J connectivity index is 0.885. The number of ether oxygens (including phenoxy) is 7. The number of anilines is 3. The van der Waals surface area contributed by atoms with Gasteiger partial charge in [-0.05, 0) is 97.2 Å². The molecule has 84 heavy (non-hydrogen) atoms. The van der Waals surface area contributed by atoms with Gasteiger partial charge >= 0.3 is 12.2 Å². The van der Waals surface area contributed by atoms with Crippen molar-refractivity contribution in [1.82, 2.24) is 15.5 Å². The lowest BCUT2D eigenvalue weighted by molar-refractivity contribution is -0.198. The highest BCUT2D eigenvalue weighted by Gasteiger charge is 2.47. The predicted octanol–water partition coefficient (Wildman–Crippen LogP) is 10.3. The van der Waals surface area contributed by atoms with Crippen molar-refractivity contribution in [2.24, 2.45) is 5.92 Å². The molecule has 0 bridgehead atoms. The Morgan fingerprint density at radius 3 is 2.20 bits per heavy atom. The summed E-state index contributed by atoms with van der Waals surface area (Å²) in [5.74, 6) is -0.367. The number of fused-ring (bicyclic) bond motifs is 5. The maximum atomic E-state index is 14.6. The molecule has 0 spiro atoms. The molecule has 4 aliphatic rings. The van der Waals surface area contributed by atoms with Crippen LogP contribution >= 0.6 is 11.6 Å². The number of benzene rings is 5. The zero-order chi connectivity index (χ0) is 59.4. The molecule has 444 valence electrons. The van der Waals surface area contributed by atoms with E-state index < -0.39 is 54.6 Å². The fraction of sp³-hybridized carbons (Fsp3) is 0.406. The highest BCUT2D eigenvalue weighted by molar-refractivity contribution is 6.19. The first-order valence-corrected chi connectivity index (χ1v) is 29.1. The summed E-state index contributed by atoms with van der Waals surface area (Å²) in [7, 11) is 1.49. The summed E-state index contributed by atoms with van der Waals surface area (Å²) in [6, 6.07) is 25.4. The highest BCUT2D eigenvalue weighted by atomic mass is 35.5. The monoisotopic (exact) mass is 1170 g/mol. The lowest BCUT2D eigenvalue weighted by atomic mass is 9.95. The molecule has 6 atom stereocenters. The molecular weight excluding hydrogens is 1100 g/mol. The minimum absolute atomic E-state index is 0.0120. The molecule has 2 saturated heterocycles. The topological polar surface area (TPSA) is 213 Å². The first-order chi connectivity index (χ1) is 40.7. The molecule has 0 aromatic heterocycles. The summed E-state index contributed by atoms with van der Waals surface area (Å²) < 4.78 is 42.2. The minimum atomic E-state index is -0.929. The average Bonchev–Trinajstić information content (AvgIpc) is 2.06. The van der Waals surface area contributed by atoms with Crippen LogP contribution in [0.5, 0.6) is 17.2 Å². The zero-order valence-electron chi connectivity index (χ0n) is 47.9. The first-order valence-electron chi connectivity index (χ1n) is 28.6. The van der Waals surface area contributed by atoms with Crippen LogP contribution in [0.3, 0.4) is 0 Å². The summed E-state index contributed by atoms with van der Waals surface area (Å²) in [6.07, 6.45) is 4.72. The second-order valence-corrected chi connectivity index (χ2v) is 21.9. The molecule has 0 radical (unpaired) electrons. The van der Waals surface area contributed by atoms with Crippen LogP contribution in [0, 0.1) is 5.92 Å². The number of amides is 6. The molecule has 4 aliphatic heterocycles. The number of piperidine rings is 1. The minimum Gasteiger partial charge on any atom is -0.493 e. The number of alkyl halides is 1. The Labute approximate surface area is 494 Å². The number of rotatable bonds is 22. The summed E-state index contributed by atoms with van der Waals surface area (Å²) in [5.41, 5.74) is 5.00. The van der Waals surface area contributed by atoms with Crippen molar-refractivity contribution in [3.05, 3.63) is 144 Å². The predicted molar refractivity (Wildman–Crippen MR) is 319 cm³/mol. The van der Waals surface area contributed by atoms with Crippen molar-refractivity contribution in [3.8, 4) is 17.2 Å².